The van der Waals surface area contributed by atoms with Gasteiger partial charge in [-0.15, -0.1) is 0 Å². The van der Waals surface area contributed by atoms with E-state index in [4.69, 9.17) is 0 Å². The van der Waals surface area contributed by atoms with E-state index in [0.29, 0.717) is 13.0 Å². The van der Waals surface area contributed by atoms with Gasteiger partial charge in [0.1, 0.15) is 0 Å². The number of carbonyl (C=O) groups excluding carboxylic acids is 1. The van der Waals surface area contributed by atoms with Gasteiger partial charge in [0.05, 0.1) is 0 Å². The maximum atomic E-state index is 11.9. The van der Waals surface area contributed by atoms with E-state index in [-0.39, 0.29) is 5.91 Å². The van der Waals surface area contributed by atoms with Crippen molar-refractivity contribution >= 4 is 5.91 Å². The van der Waals surface area contributed by atoms with Gasteiger partial charge in [0, 0.05) is 30.9 Å². The number of aryl methyl sites for hydroxylation is 4. The summed E-state index contributed by atoms with van der Waals surface area (Å²) in [6.07, 6.45) is 1.35. The Bertz CT molecular complexity index is 594. The van der Waals surface area contributed by atoms with Crippen LogP contribution in [0.2, 0.25) is 0 Å². The van der Waals surface area contributed by atoms with Crippen LogP contribution in [-0.4, -0.2) is 17.0 Å². The van der Waals surface area contributed by atoms with Crippen molar-refractivity contribution in [2.24, 2.45) is 0 Å². The molecular formula is C18H24N2O. The van der Waals surface area contributed by atoms with Gasteiger partial charge >= 0.3 is 0 Å². The summed E-state index contributed by atoms with van der Waals surface area (Å²) < 4.78 is 2.22. The average molecular weight is 284 g/mol. The number of hydrogen-bond acceptors (Lipinski definition) is 1. The molecule has 1 aromatic carbocycles. The minimum Gasteiger partial charge on any atom is -0.354 e. The van der Waals surface area contributed by atoms with E-state index in [2.05, 4.69) is 61.0 Å². The Labute approximate surface area is 127 Å². The van der Waals surface area contributed by atoms with Gasteiger partial charge < -0.3 is 9.88 Å². The lowest BCUT2D eigenvalue weighted by Gasteiger charge is -2.10. The second-order valence-corrected chi connectivity index (χ2v) is 5.61. The van der Waals surface area contributed by atoms with Gasteiger partial charge in [-0.05, 0) is 44.9 Å². The summed E-state index contributed by atoms with van der Waals surface area (Å²) >= 11 is 0. The molecule has 0 bridgehead atoms. The van der Waals surface area contributed by atoms with Crippen molar-refractivity contribution in [1.82, 2.24) is 9.88 Å². The molecule has 0 saturated heterocycles. The highest BCUT2D eigenvalue weighted by Gasteiger charge is 2.04. The molecule has 0 aliphatic carbocycles. The SMILES string of the molecule is Cc1cccc(CCC(=O)NCCn2c(C)ccc2C)c1. The molecule has 2 rings (SSSR count). The molecule has 0 aliphatic heterocycles. The Morgan fingerprint density at radius 1 is 1.10 bits per heavy atom. The first-order valence-corrected chi connectivity index (χ1v) is 7.51. The zero-order valence-electron chi connectivity index (χ0n) is 13.1. The number of aromatic nitrogens is 1. The monoisotopic (exact) mass is 284 g/mol. The third kappa shape index (κ3) is 4.48. The van der Waals surface area contributed by atoms with Crippen molar-refractivity contribution < 1.29 is 4.79 Å². The quantitative estimate of drug-likeness (QED) is 0.868. The van der Waals surface area contributed by atoms with Crippen LogP contribution in [0, 0.1) is 20.8 Å². The van der Waals surface area contributed by atoms with Crippen molar-refractivity contribution in [1.29, 1.82) is 0 Å². The van der Waals surface area contributed by atoms with Crippen LogP contribution in [0.5, 0.6) is 0 Å². The number of nitrogens with one attached hydrogen (secondary N) is 1. The second-order valence-electron chi connectivity index (χ2n) is 5.61. The molecule has 112 valence electrons. The van der Waals surface area contributed by atoms with Gasteiger partial charge in [-0.3, -0.25) is 4.79 Å². The van der Waals surface area contributed by atoms with Crippen LogP contribution in [0.25, 0.3) is 0 Å². The molecule has 0 saturated carbocycles. The van der Waals surface area contributed by atoms with Crippen molar-refractivity contribution in [2.45, 2.75) is 40.2 Å². The fourth-order valence-electron chi connectivity index (χ4n) is 2.57. The highest BCUT2D eigenvalue weighted by molar-refractivity contribution is 5.76. The van der Waals surface area contributed by atoms with Gasteiger partial charge in [-0.1, -0.05) is 29.8 Å². The molecule has 3 heteroatoms. The van der Waals surface area contributed by atoms with E-state index >= 15 is 0 Å². The first-order chi connectivity index (χ1) is 10.1. The fraction of sp³-hybridized carbons (Fsp3) is 0.389. The smallest absolute Gasteiger partial charge is 0.220 e. The van der Waals surface area contributed by atoms with Gasteiger partial charge in [0.15, 0.2) is 0 Å². The molecule has 1 amide bonds. The summed E-state index contributed by atoms with van der Waals surface area (Å²) in [4.78, 5) is 11.9. The van der Waals surface area contributed by atoms with E-state index in [9.17, 15) is 4.79 Å². The van der Waals surface area contributed by atoms with Gasteiger partial charge in [-0.2, -0.15) is 0 Å². The summed E-state index contributed by atoms with van der Waals surface area (Å²) in [6.45, 7) is 7.77. The molecule has 0 radical (unpaired) electrons. The van der Waals surface area contributed by atoms with Crippen LogP contribution < -0.4 is 5.32 Å². The summed E-state index contributed by atoms with van der Waals surface area (Å²) in [5.74, 6) is 0.124. The third-order valence-electron chi connectivity index (χ3n) is 3.80. The normalized spacial score (nSPS) is 10.6. The molecule has 0 unspecified atom stereocenters. The largest absolute Gasteiger partial charge is 0.354 e. The lowest BCUT2D eigenvalue weighted by molar-refractivity contribution is -0.121. The molecule has 1 heterocycles. The molecule has 0 aliphatic rings. The van der Waals surface area contributed by atoms with Crippen LogP contribution >= 0.6 is 0 Å². The standard InChI is InChI=1S/C18H24N2O/c1-14-5-4-6-17(13-14)9-10-18(21)19-11-12-20-15(2)7-8-16(20)3/h4-8,13H,9-12H2,1-3H3,(H,19,21). The minimum absolute atomic E-state index is 0.124. The van der Waals surface area contributed by atoms with Crippen LogP contribution in [0.15, 0.2) is 36.4 Å². The summed E-state index contributed by atoms with van der Waals surface area (Å²) in [7, 11) is 0. The van der Waals surface area contributed by atoms with E-state index in [0.717, 1.165) is 13.0 Å². The molecule has 0 fully saturated rings. The lowest BCUT2D eigenvalue weighted by atomic mass is 10.1. The first-order valence-electron chi connectivity index (χ1n) is 7.51. The Balaban J connectivity index is 1.73. The van der Waals surface area contributed by atoms with E-state index in [1.807, 2.05) is 6.07 Å². The number of carbonyl (C=O) groups is 1. The van der Waals surface area contributed by atoms with E-state index in [1.54, 1.807) is 0 Å². The second kappa shape index (κ2) is 7.11. The van der Waals surface area contributed by atoms with Gasteiger partial charge in [-0.25, -0.2) is 0 Å². The number of rotatable bonds is 6. The highest BCUT2D eigenvalue weighted by atomic mass is 16.1. The molecule has 21 heavy (non-hydrogen) atoms. The molecule has 0 spiro atoms. The van der Waals surface area contributed by atoms with Crippen LogP contribution in [0.4, 0.5) is 0 Å². The minimum atomic E-state index is 0.124. The molecule has 1 aromatic heterocycles. The Morgan fingerprint density at radius 2 is 1.81 bits per heavy atom. The molecule has 1 N–H and O–H groups in total. The predicted octanol–water partition coefficient (Wildman–Crippen LogP) is 3.16. The van der Waals surface area contributed by atoms with Crippen molar-refractivity contribution in [2.75, 3.05) is 6.54 Å². The average Bonchev–Trinajstić information content (AvgIpc) is 2.77. The molecule has 0 atom stereocenters. The number of nitrogens with zero attached hydrogens (tertiary/aromatic N) is 1. The first kappa shape index (κ1) is 15.4. The van der Waals surface area contributed by atoms with Crippen LogP contribution in [0.3, 0.4) is 0 Å². The number of hydrogen-bond donors (Lipinski definition) is 1. The number of benzene rings is 1. The van der Waals surface area contributed by atoms with E-state index < -0.39 is 0 Å². The molecule has 3 nitrogen and oxygen atoms in total. The lowest BCUT2D eigenvalue weighted by Crippen LogP contribution is -2.27. The summed E-state index contributed by atoms with van der Waals surface area (Å²) in [5.41, 5.74) is 4.94. The maximum absolute atomic E-state index is 11.9. The number of amides is 1. The van der Waals surface area contributed by atoms with Gasteiger partial charge in [0.2, 0.25) is 5.91 Å². The zero-order chi connectivity index (χ0) is 15.2. The Morgan fingerprint density at radius 3 is 2.48 bits per heavy atom. The summed E-state index contributed by atoms with van der Waals surface area (Å²) in [5, 5.41) is 3.00. The Hall–Kier alpha value is -2.03. The van der Waals surface area contributed by atoms with Crippen molar-refractivity contribution in [3.63, 3.8) is 0 Å². The van der Waals surface area contributed by atoms with Crippen molar-refractivity contribution in [3.8, 4) is 0 Å². The Kier molecular flexibility index (Phi) is 5.20. The molecular weight excluding hydrogens is 260 g/mol. The van der Waals surface area contributed by atoms with E-state index in [1.165, 1.54) is 22.5 Å². The van der Waals surface area contributed by atoms with Crippen LogP contribution in [-0.2, 0) is 17.8 Å². The summed E-state index contributed by atoms with van der Waals surface area (Å²) in [6, 6.07) is 12.5. The fourth-order valence-corrected chi connectivity index (χ4v) is 2.57. The van der Waals surface area contributed by atoms with Gasteiger partial charge in [0.25, 0.3) is 0 Å². The highest BCUT2D eigenvalue weighted by Crippen LogP contribution is 2.07. The molecule has 2 aromatic rings. The zero-order valence-corrected chi connectivity index (χ0v) is 13.1. The predicted molar refractivity (Wildman–Crippen MR) is 86.4 cm³/mol. The third-order valence-corrected chi connectivity index (χ3v) is 3.80. The topological polar surface area (TPSA) is 34.0 Å². The van der Waals surface area contributed by atoms with Crippen molar-refractivity contribution in [3.05, 3.63) is 58.9 Å². The van der Waals surface area contributed by atoms with Crippen LogP contribution in [0.1, 0.15) is 28.9 Å². The maximum Gasteiger partial charge on any atom is 0.220 e.